The molecule has 0 saturated heterocycles. The second-order valence-electron chi connectivity index (χ2n) is 5.41. The van der Waals surface area contributed by atoms with Crippen LogP contribution < -0.4 is 19.5 Å². The summed E-state index contributed by atoms with van der Waals surface area (Å²) < 4.78 is 15.8. The highest BCUT2D eigenvalue weighted by Crippen LogP contribution is 2.34. The van der Waals surface area contributed by atoms with Crippen LogP contribution in [0.1, 0.15) is 10.5 Å². The molecule has 6 nitrogen and oxygen atoms in total. The predicted octanol–water partition coefficient (Wildman–Crippen LogP) is 4.74. The normalized spacial score (nSPS) is 10.4. The fraction of sp³-hybridized carbons (Fsp3) is 0.158. The van der Waals surface area contributed by atoms with Crippen LogP contribution in [0, 0.1) is 0 Å². The maximum absolute atomic E-state index is 12.6. The lowest BCUT2D eigenvalue weighted by Crippen LogP contribution is -2.13. The number of nitrogens with one attached hydrogen (secondary N) is 1. The summed E-state index contributed by atoms with van der Waals surface area (Å²) in [5.41, 5.74) is 1.61. The van der Waals surface area contributed by atoms with Crippen LogP contribution in [0.25, 0.3) is 10.6 Å². The summed E-state index contributed by atoms with van der Waals surface area (Å²) in [6.45, 7) is 0. The molecule has 1 aromatic heterocycles. The largest absolute Gasteiger partial charge is 0.495 e. The van der Waals surface area contributed by atoms with Gasteiger partial charge in [0.2, 0.25) is 0 Å². The Bertz CT molecular complexity index is 974. The molecule has 0 aliphatic heterocycles. The summed E-state index contributed by atoms with van der Waals surface area (Å²) in [7, 11) is 4.67. The first-order valence-electron chi connectivity index (χ1n) is 7.88. The van der Waals surface area contributed by atoms with E-state index in [0.717, 1.165) is 5.56 Å². The Morgan fingerprint density at radius 3 is 2.41 bits per heavy atom. The number of halogens is 1. The first-order chi connectivity index (χ1) is 13.0. The lowest BCUT2D eigenvalue weighted by atomic mass is 10.2. The molecule has 3 rings (SSSR count). The summed E-state index contributed by atoms with van der Waals surface area (Å²) >= 11 is 7.36. The third-order valence-corrected chi connectivity index (χ3v) is 4.90. The predicted molar refractivity (Wildman–Crippen MR) is 107 cm³/mol. The van der Waals surface area contributed by atoms with Crippen molar-refractivity contribution >= 4 is 34.5 Å². The number of hydrogen-bond donors (Lipinski definition) is 1. The lowest BCUT2D eigenvalue weighted by Gasteiger charge is -2.09. The van der Waals surface area contributed by atoms with Gasteiger partial charge in [-0.3, -0.25) is 4.79 Å². The van der Waals surface area contributed by atoms with Crippen molar-refractivity contribution in [3.8, 4) is 27.8 Å². The molecule has 2 aromatic carbocycles. The van der Waals surface area contributed by atoms with Crippen molar-refractivity contribution in [2.45, 2.75) is 0 Å². The molecule has 140 valence electrons. The SMILES string of the molecule is COc1ccc(Cl)cc1NC(=O)c1csc(-c2ccc(OC)c(OC)c2)n1. The molecule has 0 unspecified atom stereocenters. The van der Waals surface area contributed by atoms with Crippen LogP contribution in [0.5, 0.6) is 17.2 Å². The van der Waals surface area contributed by atoms with E-state index < -0.39 is 0 Å². The van der Waals surface area contributed by atoms with Crippen molar-refractivity contribution in [1.29, 1.82) is 0 Å². The number of aromatic nitrogens is 1. The molecule has 0 atom stereocenters. The Morgan fingerprint density at radius 2 is 1.70 bits per heavy atom. The van der Waals surface area contributed by atoms with Gasteiger partial charge < -0.3 is 19.5 Å². The van der Waals surface area contributed by atoms with E-state index in [0.29, 0.717) is 38.7 Å². The highest BCUT2D eigenvalue weighted by Gasteiger charge is 2.15. The van der Waals surface area contributed by atoms with E-state index in [-0.39, 0.29) is 5.91 Å². The molecule has 1 amide bonds. The summed E-state index contributed by atoms with van der Waals surface area (Å²) in [5.74, 6) is 1.39. The molecule has 0 saturated carbocycles. The van der Waals surface area contributed by atoms with Gasteiger partial charge in [0, 0.05) is 16.0 Å². The number of anilines is 1. The summed E-state index contributed by atoms with van der Waals surface area (Å²) in [6.07, 6.45) is 0. The number of ether oxygens (including phenoxy) is 3. The third-order valence-electron chi connectivity index (χ3n) is 3.78. The molecule has 27 heavy (non-hydrogen) atoms. The van der Waals surface area contributed by atoms with Gasteiger partial charge in [-0.05, 0) is 36.4 Å². The lowest BCUT2D eigenvalue weighted by molar-refractivity contribution is 0.102. The van der Waals surface area contributed by atoms with Crippen molar-refractivity contribution in [3.05, 3.63) is 52.5 Å². The van der Waals surface area contributed by atoms with Gasteiger partial charge in [0.05, 0.1) is 27.0 Å². The Labute approximate surface area is 165 Å². The number of methoxy groups -OCH3 is 3. The monoisotopic (exact) mass is 404 g/mol. The highest BCUT2D eigenvalue weighted by atomic mass is 35.5. The van der Waals surface area contributed by atoms with Gasteiger partial charge >= 0.3 is 0 Å². The molecule has 8 heteroatoms. The number of amides is 1. The molecule has 1 heterocycles. The summed E-state index contributed by atoms with van der Waals surface area (Å²) in [6, 6.07) is 10.5. The molecule has 0 radical (unpaired) electrons. The van der Waals surface area contributed by atoms with E-state index in [9.17, 15) is 4.79 Å². The number of nitrogens with zero attached hydrogens (tertiary/aromatic N) is 1. The van der Waals surface area contributed by atoms with Gasteiger partial charge in [-0.25, -0.2) is 4.98 Å². The van der Waals surface area contributed by atoms with Gasteiger partial charge in [-0.15, -0.1) is 11.3 Å². The van der Waals surface area contributed by atoms with Crippen LogP contribution >= 0.6 is 22.9 Å². The van der Waals surface area contributed by atoms with Crippen molar-refractivity contribution in [1.82, 2.24) is 4.98 Å². The minimum Gasteiger partial charge on any atom is -0.495 e. The Balaban J connectivity index is 1.83. The fourth-order valence-electron chi connectivity index (χ4n) is 2.44. The second-order valence-corrected chi connectivity index (χ2v) is 6.70. The molecular weight excluding hydrogens is 388 g/mol. The van der Waals surface area contributed by atoms with Crippen molar-refractivity contribution < 1.29 is 19.0 Å². The van der Waals surface area contributed by atoms with Crippen LogP contribution in [0.2, 0.25) is 5.02 Å². The first kappa shape index (κ1) is 19.0. The van der Waals surface area contributed by atoms with Crippen LogP contribution in [0.4, 0.5) is 5.69 Å². The number of rotatable bonds is 6. The van der Waals surface area contributed by atoms with Gasteiger partial charge in [-0.1, -0.05) is 11.6 Å². The number of benzene rings is 2. The molecule has 0 aliphatic carbocycles. The zero-order valence-corrected chi connectivity index (χ0v) is 16.5. The molecule has 0 spiro atoms. The third kappa shape index (κ3) is 4.15. The molecule has 1 N–H and O–H groups in total. The van der Waals surface area contributed by atoms with Crippen molar-refractivity contribution in [2.24, 2.45) is 0 Å². The van der Waals surface area contributed by atoms with Gasteiger partial charge in [0.25, 0.3) is 5.91 Å². The zero-order chi connectivity index (χ0) is 19.4. The van der Waals surface area contributed by atoms with Gasteiger partial charge in [0.1, 0.15) is 16.5 Å². The van der Waals surface area contributed by atoms with E-state index in [2.05, 4.69) is 10.3 Å². The minimum absolute atomic E-state index is 0.298. The Kier molecular flexibility index (Phi) is 5.83. The van der Waals surface area contributed by atoms with Crippen LogP contribution in [0.3, 0.4) is 0 Å². The van der Waals surface area contributed by atoms with Crippen molar-refractivity contribution in [2.75, 3.05) is 26.6 Å². The van der Waals surface area contributed by atoms with E-state index >= 15 is 0 Å². The van der Waals surface area contributed by atoms with E-state index in [4.69, 9.17) is 25.8 Å². The van der Waals surface area contributed by atoms with E-state index in [1.807, 2.05) is 12.1 Å². The maximum Gasteiger partial charge on any atom is 0.275 e. The molecule has 0 bridgehead atoms. The average Bonchev–Trinajstić information content (AvgIpc) is 3.18. The quantitative estimate of drug-likeness (QED) is 0.642. The number of carbonyl (C=O) groups excluding carboxylic acids is 1. The number of thiazole rings is 1. The summed E-state index contributed by atoms with van der Waals surface area (Å²) in [4.78, 5) is 17.0. The topological polar surface area (TPSA) is 69.7 Å². The first-order valence-corrected chi connectivity index (χ1v) is 9.14. The molecule has 3 aromatic rings. The van der Waals surface area contributed by atoms with Crippen LogP contribution in [-0.2, 0) is 0 Å². The zero-order valence-electron chi connectivity index (χ0n) is 14.9. The average molecular weight is 405 g/mol. The van der Waals surface area contributed by atoms with Crippen molar-refractivity contribution in [3.63, 3.8) is 0 Å². The molecule has 0 fully saturated rings. The van der Waals surface area contributed by atoms with Crippen LogP contribution in [-0.4, -0.2) is 32.2 Å². The van der Waals surface area contributed by atoms with E-state index in [1.54, 1.807) is 43.9 Å². The standard InChI is InChI=1S/C19H17ClN2O4S/c1-24-15-7-5-12(20)9-13(15)21-18(23)14-10-27-19(22-14)11-4-6-16(25-2)17(8-11)26-3/h4-10H,1-3H3,(H,21,23). The minimum atomic E-state index is -0.349. The highest BCUT2D eigenvalue weighted by molar-refractivity contribution is 7.13. The Morgan fingerprint density at radius 1 is 1.00 bits per heavy atom. The molecular formula is C19H17ClN2O4S. The number of hydrogen-bond acceptors (Lipinski definition) is 6. The van der Waals surface area contributed by atoms with Gasteiger partial charge in [0.15, 0.2) is 11.5 Å². The molecule has 0 aliphatic rings. The van der Waals surface area contributed by atoms with E-state index in [1.165, 1.54) is 18.4 Å². The summed E-state index contributed by atoms with van der Waals surface area (Å²) in [5, 5.41) is 5.66. The van der Waals surface area contributed by atoms with Crippen LogP contribution in [0.15, 0.2) is 41.8 Å². The second kappa shape index (κ2) is 8.28. The fourth-order valence-corrected chi connectivity index (χ4v) is 3.41. The smallest absolute Gasteiger partial charge is 0.275 e. The Hall–Kier alpha value is -2.77. The number of carbonyl (C=O) groups is 1. The van der Waals surface area contributed by atoms with Gasteiger partial charge in [-0.2, -0.15) is 0 Å². The maximum atomic E-state index is 12.6.